The Morgan fingerprint density at radius 1 is 0.469 bits per heavy atom. The average Bonchev–Trinajstić information content (AvgIpc) is 3.03. The molecular weight excluding hydrogens is 691 g/mol. The number of aryl methyl sites for hydroxylation is 3. The third kappa shape index (κ3) is 9.32. The van der Waals surface area contributed by atoms with Crippen LogP contribution in [0.15, 0.2) is 87.5 Å². The lowest BCUT2D eigenvalue weighted by Gasteiger charge is -2.29. The third-order valence-electron chi connectivity index (χ3n) is 8.34. The number of nitrogens with zero attached hydrogens (tertiary/aromatic N) is 3. The zero-order chi connectivity index (χ0) is 36.1. The van der Waals surface area contributed by atoms with Crippen molar-refractivity contribution < 1.29 is 34.8 Å². The highest BCUT2D eigenvalue weighted by atomic mass is 32.2. The fourth-order valence-corrected chi connectivity index (χ4v) is 9.31. The molecule has 16 heteroatoms. The average molecular weight is 734 g/mol. The molecule has 1 saturated heterocycles. The number of hydrogen-bond acceptors (Lipinski definition) is 8. The van der Waals surface area contributed by atoms with Crippen molar-refractivity contribution >= 4 is 41.9 Å². The minimum absolute atomic E-state index is 0.0826. The highest BCUT2D eigenvalue weighted by Gasteiger charge is 2.34. The molecule has 0 unspecified atom stereocenters. The van der Waals surface area contributed by atoms with Gasteiger partial charge in [0.05, 0.1) is 27.8 Å². The molecule has 1 heterocycles. The number of rotatable bonds is 6. The molecule has 1 fully saturated rings. The molecule has 4 rings (SSSR count). The van der Waals surface area contributed by atoms with Gasteiger partial charge < -0.3 is 10.6 Å². The van der Waals surface area contributed by atoms with E-state index in [0.29, 0.717) is 0 Å². The molecule has 13 nitrogen and oxygen atoms in total. The fourth-order valence-electron chi connectivity index (χ4n) is 5.11. The van der Waals surface area contributed by atoms with Crippen LogP contribution in [0.2, 0.25) is 0 Å². The number of amides is 2. The van der Waals surface area contributed by atoms with Crippen LogP contribution >= 0.6 is 0 Å². The number of hydrogen-bond donors (Lipinski definition) is 2. The zero-order valence-electron chi connectivity index (χ0n) is 28.2. The lowest BCUT2D eigenvalue weighted by Crippen LogP contribution is -2.53. The molecule has 1 aliphatic heterocycles. The van der Waals surface area contributed by atoms with Crippen LogP contribution in [0.5, 0.6) is 0 Å². The standard InChI is InChI=1S/C33H43N5O8S3/c1-24-6-12-29(13-7-24)47(41,42)36-18-20-37(48(43,44)30-14-8-25(2)9-15-30)22-32(39)34-27(4)28(5)35-33(40)23-38(21-19-36)49(45,46)31-16-10-26(3)11-17-31/h6-17,27-28H,18-23H2,1-5H3,(H,34,39)(H,35,40)/t27-,28-/m1/s1. The Morgan fingerprint density at radius 2 is 0.714 bits per heavy atom. The molecule has 0 spiro atoms. The van der Waals surface area contributed by atoms with Crippen LogP contribution < -0.4 is 10.6 Å². The van der Waals surface area contributed by atoms with Gasteiger partial charge in [-0.15, -0.1) is 0 Å². The van der Waals surface area contributed by atoms with Crippen molar-refractivity contribution in [2.45, 2.75) is 61.4 Å². The highest BCUT2D eigenvalue weighted by Crippen LogP contribution is 2.22. The van der Waals surface area contributed by atoms with Gasteiger partial charge >= 0.3 is 0 Å². The lowest BCUT2D eigenvalue weighted by atomic mass is 10.1. The predicted octanol–water partition coefficient (Wildman–Crippen LogP) is 2.01. The van der Waals surface area contributed by atoms with Crippen molar-refractivity contribution in [3.63, 3.8) is 0 Å². The van der Waals surface area contributed by atoms with Crippen molar-refractivity contribution in [2.75, 3.05) is 39.3 Å². The Labute approximate surface area is 289 Å². The van der Waals surface area contributed by atoms with Crippen molar-refractivity contribution in [1.82, 2.24) is 23.5 Å². The second kappa shape index (κ2) is 15.5. The van der Waals surface area contributed by atoms with Crippen LogP contribution in [-0.4, -0.2) is 101 Å². The molecule has 1 aliphatic rings. The van der Waals surface area contributed by atoms with E-state index in [-0.39, 0.29) is 14.7 Å². The Balaban J connectivity index is 1.80. The summed E-state index contributed by atoms with van der Waals surface area (Å²) in [5.41, 5.74) is 2.44. The summed E-state index contributed by atoms with van der Waals surface area (Å²) in [6, 6.07) is 16.8. The summed E-state index contributed by atoms with van der Waals surface area (Å²) in [7, 11) is -12.9. The summed E-state index contributed by atoms with van der Waals surface area (Å²) in [5.74, 6) is -1.34. The van der Waals surface area contributed by atoms with Crippen LogP contribution in [0, 0.1) is 20.8 Å². The van der Waals surface area contributed by atoms with Crippen LogP contribution in [-0.2, 0) is 39.7 Å². The van der Waals surface area contributed by atoms with Gasteiger partial charge in [0.2, 0.25) is 41.9 Å². The van der Waals surface area contributed by atoms with Gasteiger partial charge in [0, 0.05) is 38.3 Å². The number of carbonyl (C=O) groups excluding carboxylic acids is 2. The molecule has 0 aromatic heterocycles. The summed E-state index contributed by atoms with van der Waals surface area (Å²) < 4.78 is 86.5. The molecule has 2 amide bonds. The monoisotopic (exact) mass is 733 g/mol. The number of benzene rings is 3. The molecule has 2 atom stereocenters. The highest BCUT2D eigenvalue weighted by molar-refractivity contribution is 7.89. The SMILES string of the molecule is Cc1ccc(S(=O)(=O)N2CCN(S(=O)(=O)c3ccc(C)cc3)CC(=O)N[C@H](C)[C@@H](C)NC(=O)CN(S(=O)(=O)c3ccc(C)cc3)CC2)cc1. The molecule has 3 aromatic carbocycles. The van der Waals surface area contributed by atoms with Crippen molar-refractivity contribution in [1.29, 1.82) is 0 Å². The topological polar surface area (TPSA) is 170 Å². The molecule has 3 aromatic rings. The van der Waals surface area contributed by atoms with Gasteiger partial charge in [0.25, 0.3) is 0 Å². The maximum atomic E-state index is 14.1. The maximum Gasteiger partial charge on any atom is 0.243 e. The number of sulfonamides is 3. The minimum Gasteiger partial charge on any atom is -0.350 e. The summed E-state index contributed by atoms with van der Waals surface area (Å²) >= 11 is 0. The second-order valence-corrected chi connectivity index (χ2v) is 18.0. The predicted molar refractivity (Wildman–Crippen MR) is 185 cm³/mol. The number of nitrogens with one attached hydrogen (secondary N) is 2. The van der Waals surface area contributed by atoms with Crippen LogP contribution in [0.3, 0.4) is 0 Å². The Kier molecular flexibility index (Phi) is 12.0. The van der Waals surface area contributed by atoms with Crippen molar-refractivity contribution in [3.05, 3.63) is 89.5 Å². The van der Waals surface area contributed by atoms with Crippen LogP contribution in [0.1, 0.15) is 30.5 Å². The Hall–Kier alpha value is -3.67. The molecule has 0 radical (unpaired) electrons. The van der Waals surface area contributed by atoms with Crippen LogP contribution in [0.25, 0.3) is 0 Å². The first-order valence-electron chi connectivity index (χ1n) is 15.7. The molecule has 0 saturated carbocycles. The summed E-state index contributed by atoms with van der Waals surface area (Å²) in [5, 5.41) is 5.41. The van der Waals surface area contributed by atoms with E-state index in [1.54, 1.807) is 71.0 Å². The summed E-state index contributed by atoms with van der Waals surface area (Å²) in [6.07, 6.45) is 0. The smallest absolute Gasteiger partial charge is 0.243 e. The maximum absolute atomic E-state index is 14.1. The fraction of sp³-hybridized carbons (Fsp3) is 0.394. The normalized spacial score (nSPS) is 20.5. The molecular formula is C33H43N5O8S3. The van der Waals surface area contributed by atoms with Crippen LogP contribution in [0.4, 0.5) is 0 Å². The van der Waals surface area contributed by atoms with E-state index in [4.69, 9.17) is 0 Å². The van der Waals surface area contributed by atoms with Gasteiger partial charge in [-0.2, -0.15) is 12.9 Å². The molecule has 266 valence electrons. The first-order valence-corrected chi connectivity index (χ1v) is 20.0. The van der Waals surface area contributed by atoms with E-state index in [1.165, 1.54) is 36.4 Å². The molecule has 0 bridgehead atoms. The van der Waals surface area contributed by atoms with Crippen molar-refractivity contribution in [3.8, 4) is 0 Å². The Bertz CT molecular complexity index is 1860. The quantitative estimate of drug-likeness (QED) is 0.388. The Morgan fingerprint density at radius 3 is 1.00 bits per heavy atom. The van der Waals surface area contributed by atoms with E-state index in [0.717, 1.165) is 29.6 Å². The first-order chi connectivity index (χ1) is 22.9. The van der Waals surface area contributed by atoms with Gasteiger partial charge in [0.1, 0.15) is 0 Å². The van der Waals surface area contributed by atoms with Gasteiger partial charge in [0.15, 0.2) is 0 Å². The third-order valence-corrected chi connectivity index (χ3v) is 14.0. The minimum atomic E-state index is -4.32. The first kappa shape index (κ1) is 38.1. The van der Waals surface area contributed by atoms with Gasteiger partial charge in [-0.25, -0.2) is 25.3 Å². The number of carbonyl (C=O) groups is 2. The van der Waals surface area contributed by atoms with Gasteiger partial charge in [-0.1, -0.05) is 53.1 Å². The summed E-state index contributed by atoms with van der Waals surface area (Å²) in [6.45, 7) is 5.66. The molecule has 0 aliphatic carbocycles. The lowest BCUT2D eigenvalue weighted by molar-refractivity contribution is -0.124. The molecule has 49 heavy (non-hydrogen) atoms. The van der Waals surface area contributed by atoms with E-state index in [1.807, 2.05) is 0 Å². The second-order valence-electron chi connectivity index (χ2n) is 12.2. The van der Waals surface area contributed by atoms with Crippen molar-refractivity contribution in [2.24, 2.45) is 0 Å². The van der Waals surface area contributed by atoms with E-state index in [9.17, 15) is 34.8 Å². The van der Waals surface area contributed by atoms with E-state index >= 15 is 0 Å². The molecule has 2 N–H and O–H groups in total. The largest absolute Gasteiger partial charge is 0.350 e. The van der Waals surface area contributed by atoms with Gasteiger partial charge in [-0.3, -0.25) is 9.59 Å². The summed E-state index contributed by atoms with van der Waals surface area (Å²) in [4.78, 5) is 26.2. The zero-order valence-corrected chi connectivity index (χ0v) is 30.6. The van der Waals surface area contributed by atoms with Gasteiger partial charge in [-0.05, 0) is 71.0 Å². The van der Waals surface area contributed by atoms with E-state index < -0.39 is 93.2 Å². The van der Waals surface area contributed by atoms with E-state index in [2.05, 4.69) is 10.6 Å².